The highest BCUT2D eigenvalue weighted by Gasteiger charge is 2.18. The van der Waals surface area contributed by atoms with Gasteiger partial charge in [-0.1, -0.05) is 13.0 Å². The predicted molar refractivity (Wildman–Crippen MR) is 57.7 cm³/mol. The molecule has 2 rings (SSSR count). The van der Waals surface area contributed by atoms with Crippen LogP contribution in [0.5, 0.6) is 5.75 Å². The molecular formula is C12H17NO. The molecule has 1 N–H and O–H groups in total. The van der Waals surface area contributed by atoms with Gasteiger partial charge < -0.3 is 10.1 Å². The van der Waals surface area contributed by atoms with Crippen molar-refractivity contribution in [3.05, 3.63) is 29.3 Å². The summed E-state index contributed by atoms with van der Waals surface area (Å²) in [5.41, 5.74) is 2.88. The zero-order valence-corrected chi connectivity index (χ0v) is 8.84. The molecule has 2 heteroatoms. The van der Waals surface area contributed by atoms with E-state index < -0.39 is 0 Å². The third kappa shape index (κ3) is 1.62. The van der Waals surface area contributed by atoms with E-state index in [-0.39, 0.29) is 0 Å². The molecule has 0 saturated heterocycles. The van der Waals surface area contributed by atoms with Crippen molar-refractivity contribution >= 4 is 0 Å². The molecule has 1 heterocycles. The molecule has 0 aromatic heterocycles. The Kier molecular flexibility index (Phi) is 2.73. The molecule has 1 aromatic carbocycles. The molecule has 1 atom stereocenters. The number of nitrogens with one attached hydrogen (secondary N) is 1. The Labute approximate surface area is 85.3 Å². The zero-order valence-electron chi connectivity index (χ0n) is 8.84. The number of fused-ring (bicyclic) bond motifs is 1. The van der Waals surface area contributed by atoms with Crippen molar-refractivity contribution in [3.63, 3.8) is 0 Å². The summed E-state index contributed by atoms with van der Waals surface area (Å²) in [4.78, 5) is 0. The molecule has 0 amide bonds. The quantitative estimate of drug-likeness (QED) is 0.774. The number of rotatable bonds is 2. The molecule has 1 aliphatic heterocycles. The summed E-state index contributed by atoms with van der Waals surface area (Å²) in [5, 5.41) is 3.44. The lowest BCUT2D eigenvalue weighted by molar-refractivity contribution is 0.412. The van der Waals surface area contributed by atoms with Crippen LogP contribution in [0.15, 0.2) is 18.2 Å². The number of benzene rings is 1. The van der Waals surface area contributed by atoms with Gasteiger partial charge in [-0.25, -0.2) is 0 Å². The minimum atomic E-state index is 0.647. The van der Waals surface area contributed by atoms with Crippen molar-refractivity contribution in [1.82, 2.24) is 5.32 Å². The van der Waals surface area contributed by atoms with E-state index in [1.54, 1.807) is 7.11 Å². The highest BCUT2D eigenvalue weighted by Crippen LogP contribution is 2.29. The fraction of sp³-hybridized carbons (Fsp3) is 0.500. The Bertz CT molecular complexity index is 322. The van der Waals surface area contributed by atoms with Gasteiger partial charge >= 0.3 is 0 Å². The molecule has 0 saturated carbocycles. The maximum absolute atomic E-state index is 5.25. The van der Waals surface area contributed by atoms with E-state index >= 15 is 0 Å². The fourth-order valence-corrected chi connectivity index (χ4v) is 2.10. The van der Waals surface area contributed by atoms with Crippen molar-refractivity contribution in [1.29, 1.82) is 0 Å². The van der Waals surface area contributed by atoms with Crippen LogP contribution in [0.2, 0.25) is 0 Å². The second-order valence-electron chi connectivity index (χ2n) is 3.80. The molecular weight excluding hydrogens is 174 g/mol. The molecule has 0 fully saturated rings. The number of hydrogen-bond donors (Lipinski definition) is 1. The average molecular weight is 191 g/mol. The van der Waals surface area contributed by atoms with Crippen LogP contribution in [0, 0.1) is 0 Å². The lowest BCUT2D eigenvalue weighted by atomic mass is 9.89. The van der Waals surface area contributed by atoms with Crippen LogP contribution >= 0.6 is 0 Å². The minimum Gasteiger partial charge on any atom is -0.497 e. The normalized spacial score (nSPS) is 20.3. The fourth-order valence-electron chi connectivity index (χ4n) is 2.10. The summed E-state index contributed by atoms with van der Waals surface area (Å²) < 4.78 is 5.25. The molecule has 1 unspecified atom stereocenters. The van der Waals surface area contributed by atoms with Crippen LogP contribution < -0.4 is 10.1 Å². The van der Waals surface area contributed by atoms with Gasteiger partial charge in [-0.15, -0.1) is 0 Å². The van der Waals surface area contributed by atoms with Crippen LogP contribution in [0.4, 0.5) is 0 Å². The van der Waals surface area contributed by atoms with Gasteiger partial charge in [0.1, 0.15) is 5.75 Å². The van der Waals surface area contributed by atoms with Crippen molar-refractivity contribution in [2.24, 2.45) is 0 Å². The first-order valence-electron chi connectivity index (χ1n) is 5.22. The standard InChI is InChI=1S/C12H17NO/c1-3-9-7-13-8-10-4-5-11(14-2)6-12(9)10/h4-6,9,13H,3,7-8H2,1-2H3. The second kappa shape index (κ2) is 4.01. The Hall–Kier alpha value is -1.02. The van der Waals surface area contributed by atoms with Gasteiger partial charge in [-0.3, -0.25) is 0 Å². The second-order valence-corrected chi connectivity index (χ2v) is 3.80. The first-order chi connectivity index (χ1) is 6.85. The summed E-state index contributed by atoms with van der Waals surface area (Å²) in [5.74, 6) is 1.62. The van der Waals surface area contributed by atoms with Gasteiger partial charge in [0.15, 0.2) is 0 Å². The maximum atomic E-state index is 5.25. The van der Waals surface area contributed by atoms with Crippen LogP contribution in [-0.2, 0) is 6.54 Å². The average Bonchev–Trinajstić information content (AvgIpc) is 2.27. The maximum Gasteiger partial charge on any atom is 0.119 e. The van der Waals surface area contributed by atoms with Gasteiger partial charge in [0.05, 0.1) is 7.11 Å². The largest absolute Gasteiger partial charge is 0.497 e. The van der Waals surface area contributed by atoms with E-state index in [0.717, 1.165) is 18.8 Å². The van der Waals surface area contributed by atoms with Crippen molar-refractivity contribution in [2.45, 2.75) is 25.8 Å². The third-order valence-electron chi connectivity index (χ3n) is 2.99. The zero-order chi connectivity index (χ0) is 9.97. The van der Waals surface area contributed by atoms with Crippen LogP contribution in [0.1, 0.15) is 30.4 Å². The Morgan fingerprint density at radius 2 is 2.36 bits per heavy atom. The molecule has 76 valence electrons. The number of hydrogen-bond acceptors (Lipinski definition) is 2. The Balaban J connectivity index is 2.38. The van der Waals surface area contributed by atoms with Crippen molar-refractivity contribution in [3.8, 4) is 5.75 Å². The lowest BCUT2D eigenvalue weighted by Gasteiger charge is -2.25. The topological polar surface area (TPSA) is 21.3 Å². The van der Waals surface area contributed by atoms with Gasteiger partial charge in [-0.05, 0) is 35.6 Å². The molecule has 0 aliphatic carbocycles. The summed E-state index contributed by atoms with van der Waals surface area (Å²) in [6, 6.07) is 6.39. The summed E-state index contributed by atoms with van der Waals surface area (Å²) in [6.07, 6.45) is 1.19. The van der Waals surface area contributed by atoms with E-state index in [1.807, 2.05) is 6.07 Å². The predicted octanol–water partition coefficient (Wildman–Crippen LogP) is 2.29. The summed E-state index contributed by atoms with van der Waals surface area (Å²) >= 11 is 0. The van der Waals surface area contributed by atoms with Crippen LogP contribution in [0.3, 0.4) is 0 Å². The van der Waals surface area contributed by atoms with E-state index in [2.05, 4.69) is 24.4 Å². The van der Waals surface area contributed by atoms with Gasteiger partial charge in [0, 0.05) is 13.1 Å². The van der Waals surface area contributed by atoms with Crippen LogP contribution in [-0.4, -0.2) is 13.7 Å². The molecule has 2 nitrogen and oxygen atoms in total. The Morgan fingerprint density at radius 3 is 3.07 bits per heavy atom. The number of methoxy groups -OCH3 is 1. The van der Waals surface area contributed by atoms with Crippen molar-refractivity contribution < 1.29 is 4.74 Å². The smallest absolute Gasteiger partial charge is 0.119 e. The van der Waals surface area contributed by atoms with E-state index in [1.165, 1.54) is 17.5 Å². The first-order valence-corrected chi connectivity index (χ1v) is 5.22. The Morgan fingerprint density at radius 1 is 1.50 bits per heavy atom. The summed E-state index contributed by atoms with van der Waals surface area (Å²) in [7, 11) is 1.73. The molecule has 0 radical (unpaired) electrons. The highest BCUT2D eigenvalue weighted by atomic mass is 16.5. The lowest BCUT2D eigenvalue weighted by Crippen LogP contribution is -2.27. The third-order valence-corrected chi connectivity index (χ3v) is 2.99. The number of ether oxygens (including phenoxy) is 1. The molecule has 14 heavy (non-hydrogen) atoms. The van der Waals surface area contributed by atoms with Crippen molar-refractivity contribution in [2.75, 3.05) is 13.7 Å². The highest BCUT2D eigenvalue weighted by molar-refractivity contribution is 5.39. The monoisotopic (exact) mass is 191 g/mol. The first kappa shape index (κ1) is 9.53. The SMILES string of the molecule is CCC1CNCc2ccc(OC)cc21. The molecule has 1 aliphatic rings. The van der Waals surface area contributed by atoms with E-state index in [4.69, 9.17) is 4.74 Å². The van der Waals surface area contributed by atoms with Gasteiger partial charge in [0.25, 0.3) is 0 Å². The van der Waals surface area contributed by atoms with Gasteiger partial charge in [-0.2, -0.15) is 0 Å². The minimum absolute atomic E-state index is 0.647. The van der Waals surface area contributed by atoms with Gasteiger partial charge in [0.2, 0.25) is 0 Å². The molecule has 1 aromatic rings. The molecule has 0 bridgehead atoms. The van der Waals surface area contributed by atoms with Crippen LogP contribution in [0.25, 0.3) is 0 Å². The summed E-state index contributed by atoms with van der Waals surface area (Å²) in [6.45, 7) is 4.33. The van der Waals surface area contributed by atoms with E-state index in [0.29, 0.717) is 5.92 Å². The van der Waals surface area contributed by atoms with E-state index in [9.17, 15) is 0 Å². The molecule has 0 spiro atoms.